The van der Waals surface area contributed by atoms with E-state index in [0.29, 0.717) is 13.2 Å². The molecule has 0 aliphatic carbocycles. The molecule has 100 valence electrons. The van der Waals surface area contributed by atoms with Crippen LogP contribution in [0.25, 0.3) is 0 Å². The summed E-state index contributed by atoms with van der Waals surface area (Å²) in [5, 5.41) is 0. The number of thioether (sulfide) groups is 1. The van der Waals surface area contributed by atoms with Crippen molar-refractivity contribution in [2.45, 2.75) is 4.90 Å². The molecule has 0 aliphatic rings. The topological polar surface area (TPSA) is 18.5 Å². The Bertz CT molecular complexity index is 514. The van der Waals surface area contributed by atoms with Crippen LogP contribution in [0.2, 0.25) is 0 Å². The van der Waals surface area contributed by atoms with E-state index in [9.17, 15) is 0 Å². The van der Waals surface area contributed by atoms with Crippen LogP contribution in [0.4, 0.5) is 0 Å². The number of ether oxygens (including phenoxy) is 2. The van der Waals surface area contributed by atoms with Crippen LogP contribution in [0.5, 0.6) is 11.5 Å². The molecule has 0 aromatic heterocycles. The zero-order valence-corrected chi connectivity index (χ0v) is 13.0. The van der Waals surface area contributed by atoms with Gasteiger partial charge in [-0.25, -0.2) is 0 Å². The Hall–Kier alpha value is -1.13. The van der Waals surface area contributed by atoms with Gasteiger partial charge < -0.3 is 9.47 Å². The zero-order chi connectivity index (χ0) is 13.5. The second kappa shape index (κ2) is 7.46. The minimum Gasteiger partial charge on any atom is -0.490 e. The molecule has 19 heavy (non-hydrogen) atoms. The van der Waals surface area contributed by atoms with Crippen molar-refractivity contribution in [3.63, 3.8) is 0 Å². The van der Waals surface area contributed by atoms with Crippen LogP contribution in [-0.2, 0) is 0 Å². The lowest BCUT2D eigenvalue weighted by Crippen LogP contribution is -2.09. The summed E-state index contributed by atoms with van der Waals surface area (Å²) in [4.78, 5) is 1.14. The van der Waals surface area contributed by atoms with Gasteiger partial charge in [-0.2, -0.15) is 0 Å². The van der Waals surface area contributed by atoms with Crippen molar-refractivity contribution in [2.75, 3.05) is 19.5 Å². The van der Waals surface area contributed by atoms with Gasteiger partial charge in [-0.3, -0.25) is 0 Å². The lowest BCUT2D eigenvalue weighted by molar-refractivity contribution is 0.214. The molecule has 0 fully saturated rings. The molecule has 0 bridgehead atoms. The smallest absolute Gasteiger partial charge is 0.133 e. The predicted molar refractivity (Wildman–Crippen MR) is 83.4 cm³/mol. The Balaban J connectivity index is 1.79. The van der Waals surface area contributed by atoms with Gasteiger partial charge in [0, 0.05) is 9.37 Å². The van der Waals surface area contributed by atoms with Gasteiger partial charge in [0.25, 0.3) is 0 Å². The molecule has 0 saturated heterocycles. The minimum atomic E-state index is 0.532. The largest absolute Gasteiger partial charge is 0.490 e. The van der Waals surface area contributed by atoms with Gasteiger partial charge in [-0.1, -0.05) is 28.1 Å². The van der Waals surface area contributed by atoms with Gasteiger partial charge in [0.2, 0.25) is 0 Å². The molecule has 0 spiro atoms. The van der Waals surface area contributed by atoms with E-state index in [1.165, 1.54) is 0 Å². The molecule has 0 N–H and O–H groups in total. The van der Waals surface area contributed by atoms with E-state index >= 15 is 0 Å². The molecule has 0 radical (unpaired) electrons. The van der Waals surface area contributed by atoms with Crippen LogP contribution in [0.3, 0.4) is 0 Å². The van der Waals surface area contributed by atoms with E-state index < -0.39 is 0 Å². The number of halogens is 1. The second-order valence-corrected chi connectivity index (χ2v) is 5.57. The summed E-state index contributed by atoms with van der Waals surface area (Å²) in [5.74, 6) is 1.76. The van der Waals surface area contributed by atoms with Crippen molar-refractivity contribution in [3.05, 3.63) is 53.0 Å². The number of benzene rings is 2. The lowest BCUT2D eigenvalue weighted by atomic mass is 10.3. The first-order valence-electron chi connectivity index (χ1n) is 5.94. The summed E-state index contributed by atoms with van der Waals surface area (Å²) in [6.45, 7) is 1.07. The quantitative estimate of drug-likeness (QED) is 0.565. The van der Waals surface area contributed by atoms with E-state index in [4.69, 9.17) is 9.47 Å². The number of hydrogen-bond acceptors (Lipinski definition) is 3. The summed E-state index contributed by atoms with van der Waals surface area (Å²) in [5.41, 5.74) is 0. The molecule has 0 saturated carbocycles. The lowest BCUT2D eigenvalue weighted by Gasteiger charge is -2.10. The van der Waals surface area contributed by atoms with Gasteiger partial charge in [0.05, 0.1) is 0 Å². The van der Waals surface area contributed by atoms with Crippen molar-refractivity contribution in [2.24, 2.45) is 0 Å². The highest BCUT2D eigenvalue weighted by atomic mass is 79.9. The predicted octanol–water partition coefficient (Wildman–Crippen LogP) is 4.63. The highest BCUT2D eigenvalue weighted by molar-refractivity contribution is 9.10. The molecule has 2 aromatic carbocycles. The summed E-state index contributed by atoms with van der Waals surface area (Å²) in [6, 6.07) is 15.8. The maximum atomic E-state index is 5.72. The highest BCUT2D eigenvalue weighted by Gasteiger charge is 2.01. The van der Waals surface area contributed by atoms with Crippen molar-refractivity contribution in [1.82, 2.24) is 0 Å². The molecule has 2 nitrogen and oxygen atoms in total. The molecular weight excluding hydrogens is 324 g/mol. The number of rotatable bonds is 6. The van der Waals surface area contributed by atoms with E-state index in [2.05, 4.69) is 22.0 Å². The van der Waals surface area contributed by atoms with Crippen LogP contribution in [-0.4, -0.2) is 19.5 Å². The van der Waals surface area contributed by atoms with Crippen molar-refractivity contribution >= 4 is 27.7 Å². The molecule has 2 aromatic rings. The van der Waals surface area contributed by atoms with Crippen LogP contribution < -0.4 is 9.47 Å². The van der Waals surface area contributed by atoms with Crippen LogP contribution in [0, 0.1) is 0 Å². The fraction of sp³-hybridized carbons (Fsp3) is 0.200. The van der Waals surface area contributed by atoms with Gasteiger partial charge >= 0.3 is 0 Å². The van der Waals surface area contributed by atoms with Crippen molar-refractivity contribution < 1.29 is 9.47 Å². The standard InChI is InChI=1S/C15H15BrO2S/c1-19-15-5-3-2-4-14(15)18-11-10-17-13-8-6-12(16)7-9-13/h2-9H,10-11H2,1H3. The Morgan fingerprint density at radius 3 is 2.37 bits per heavy atom. The molecule has 0 aliphatic heterocycles. The molecule has 0 amide bonds. The van der Waals surface area contributed by atoms with Crippen LogP contribution >= 0.6 is 27.7 Å². The van der Waals surface area contributed by atoms with E-state index in [1.54, 1.807) is 11.8 Å². The first-order chi connectivity index (χ1) is 9.29. The number of hydrogen-bond donors (Lipinski definition) is 0. The molecule has 0 unspecified atom stereocenters. The Morgan fingerprint density at radius 1 is 0.947 bits per heavy atom. The monoisotopic (exact) mass is 338 g/mol. The third-order valence-electron chi connectivity index (χ3n) is 2.49. The normalized spacial score (nSPS) is 10.2. The fourth-order valence-electron chi connectivity index (χ4n) is 1.58. The molecule has 2 rings (SSSR count). The maximum absolute atomic E-state index is 5.72. The highest BCUT2D eigenvalue weighted by Crippen LogP contribution is 2.26. The maximum Gasteiger partial charge on any atom is 0.133 e. The summed E-state index contributed by atoms with van der Waals surface area (Å²) < 4.78 is 12.4. The average molecular weight is 339 g/mol. The first kappa shape index (κ1) is 14.3. The van der Waals surface area contributed by atoms with E-state index in [-0.39, 0.29) is 0 Å². The van der Waals surface area contributed by atoms with E-state index in [1.807, 2.05) is 48.7 Å². The summed E-state index contributed by atoms with van der Waals surface area (Å²) in [7, 11) is 0. The van der Waals surface area contributed by atoms with Gasteiger partial charge in [0.15, 0.2) is 0 Å². The van der Waals surface area contributed by atoms with Gasteiger partial charge in [-0.15, -0.1) is 11.8 Å². The summed E-state index contributed by atoms with van der Waals surface area (Å²) in [6.07, 6.45) is 2.04. The van der Waals surface area contributed by atoms with Gasteiger partial charge in [0.1, 0.15) is 24.7 Å². The first-order valence-corrected chi connectivity index (χ1v) is 7.95. The molecule has 0 atom stereocenters. The minimum absolute atomic E-state index is 0.532. The second-order valence-electron chi connectivity index (χ2n) is 3.80. The third kappa shape index (κ3) is 4.48. The number of para-hydroxylation sites is 1. The molecular formula is C15H15BrO2S. The third-order valence-corrected chi connectivity index (χ3v) is 3.80. The van der Waals surface area contributed by atoms with Crippen molar-refractivity contribution in [3.8, 4) is 11.5 Å². The molecule has 0 heterocycles. The fourth-order valence-corrected chi connectivity index (χ4v) is 2.39. The van der Waals surface area contributed by atoms with E-state index in [0.717, 1.165) is 20.9 Å². The molecule has 4 heteroatoms. The zero-order valence-electron chi connectivity index (χ0n) is 10.6. The van der Waals surface area contributed by atoms with Gasteiger partial charge in [-0.05, 0) is 42.7 Å². The summed E-state index contributed by atoms with van der Waals surface area (Å²) >= 11 is 5.07. The SMILES string of the molecule is CSc1ccccc1OCCOc1ccc(Br)cc1. The Labute approximate surface area is 126 Å². The Morgan fingerprint density at radius 2 is 1.63 bits per heavy atom. The Kier molecular flexibility index (Phi) is 5.61. The van der Waals surface area contributed by atoms with Crippen LogP contribution in [0.1, 0.15) is 0 Å². The van der Waals surface area contributed by atoms with Crippen LogP contribution in [0.15, 0.2) is 57.9 Å². The average Bonchev–Trinajstić information content (AvgIpc) is 2.46. The van der Waals surface area contributed by atoms with Crippen molar-refractivity contribution in [1.29, 1.82) is 0 Å².